The summed E-state index contributed by atoms with van der Waals surface area (Å²) < 4.78 is 13.4. The Morgan fingerprint density at radius 1 is 1.50 bits per heavy atom. The quantitative estimate of drug-likeness (QED) is 0.782. The van der Waals surface area contributed by atoms with Crippen LogP contribution in [0.2, 0.25) is 5.02 Å². The molecule has 0 radical (unpaired) electrons. The highest BCUT2D eigenvalue weighted by Gasteiger charge is 2.12. The summed E-state index contributed by atoms with van der Waals surface area (Å²) in [6.07, 6.45) is 1.74. The maximum Gasteiger partial charge on any atom is 0.126 e. The Labute approximate surface area is 101 Å². The van der Waals surface area contributed by atoms with E-state index in [2.05, 4.69) is 5.32 Å². The standard InChI is InChI=1S/C12H18ClFN2/c1-8-6-10(13)9(7-11(8)14)12(15)4-3-5-16-2/h6-7,12,16H,3-5,15H2,1-2H3. The van der Waals surface area contributed by atoms with Crippen LogP contribution in [0.5, 0.6) is 0 Å². The first-order chi connectivity index (χ1) is 7.56. The predicted molar refractivity (Wildman–Crippen MR) is 66.2 cm³/mol. The van der Waals surface area contributed by atoms with Crippen LogP contribution in [0.15, 0.2) is 12.1 Å². The molecule has 1 atom stereocenters. The van der Waals surface area contributed by atoms with Crippen molar-refractivity contribution in [3.63, 3.8) is 0 Å². The molecule has 16 heavy (non-hydrogen) atoms. The molecule has 0 aromatic heterocycles. The second-order valence-corrected chi connectivity index (χ2v) is 4.38. The fraction of sp³-hybridized carbons (Fsp3) is 0.500. The summed E-state index contributed by atoms with van der Waals surface area (Å²) in [6.45, 7) is 2.59. The molecule has 3 N–H and O–H groups in total. The van der Waals surface area contributed by atoms with Gasteiger partial charge in [-0.1, -0.05) is 11.6 Å². The number of nitrogens with two attached hydrogens (primary N) is 1. The maximum atomic E-state index is 13.4. The number of nitrogens with one attached hydrogen (secondary N) is 1. The molecule has 90 valence electrons. The van der Waals surface area contributed by atoms with Crippen molar-refractivity contribution >= 4 is 11.6 Å². The Hall–Kier alpha value is -0.640. The van der Waals surface area contributed by atoms with Crippen molar-refractivity contribution in [2.45, 2.75) is 25.8 Å². The van der Waals surface area contributed by atoms with E-state index in [9.17, 15) is 4.39 Å². The Bertz CT molecular complexity index is 355. The Kier molecular flexibility index (Phi) is 5.19. The third-order valence-corrected chi connectivity index (χ3v) is 2.95. The number of aryl methyl sites for hydroxylation is 1. The summed E-state index contributed by atoms with van der Waals surface area (Å²) in [4.78, 5) is 0. The Morgan fingerprint density at radius 2 is 2.19 bits per heavy atom. The molecule has 1 aromatic rings. The van der Waals surface area contributed by atoms with Crippen molar-refractivity contribution in [3.05, 3.63) is 34.1 Å². The molecule has 1 aromatic carbocycles. The zero-order chi connectivity index (χ0) is 12.1. The van der Waals surface area contributed by atoms with Gasteiger partial charge in [-0.2, -0.15) is 0 Å². The van der Waals surface area contributed by atoms with E-state index in [0.717, 1.165) is 19.4 Å². The molecule has 0 amide bonds. The number of benzene rings is 1. The van der Waals surface area contributed by atoms with Crippen LogP contribution >= 0.6 is 11.6 Å². The van der Waals surface area contributed by atoms with Crippen molar-refractivity contribution in [1.82, 2.24) is 5.32 Å². The lowest BCUT2D eigenvalue weighted by Gasteiger charge is -2.14. The average Bonchev–Trinajstić information content (AvgIpc) is 2.23. The number of rotatable bonds is 5. The van der Waals surface area contributed by atoms with Gasteiger partial charge in [-0.15, -0.1) is 0 Å². The van der Waals surface area contributed by atoms with E-state index in [1.165, 1.54) is 6.07 Å². The third-order valence-electron chi connectivity index (χ3n) is 2.62. The maximum absolute atomic E-state index is 13.4. The van der Waals surface area contributed by atoms with Gasteiger partial charge in [0.05, 0.1) is 0 Å². The molecule has 1 unspecified atom stereocenters. The molecule has 0 fully saturated rings. The van der Waals surface area contributed by atoms with E-state index in [-0.39, 0.29) is 11.9 Å². The van der Waals surface area contributed by atoms with Gasteiger partial charge in [-0.05, 0) is 56.6 Å². The normalized spacial score (nSPS) is 12.8. The largest absolute Gasteiger partial charge is 0.324 e. The summed E-state index contributed by atoms with van der Waals surface area (Å²) in [5.41, 5.74) is 7.22. The second-order valence-electron chi connectivity index (χ2n) is 3.98. The lowest BCUT2D eigenvalue weighted by atomic mass is 10.0. The lowest BCUT2D eigenvalue weighted by molar-refractivity contribution is 0.578. The molecule has 0 aliphatic heterocycles. The highest BCUT2D eigenvalue weighted by molar-refractivity contribution is 6.31. The van der Waals surface area contributed by atoms with Gasteiger partial charge < -0.3 is 11.1 Å². The van der Waals surface area contributed by atoms with Crippen LogP contribution in [0.3, 0.4) is 0 Å². The van der Waals surface area contributed by atoms with Gasteiger partial charge in [0.25, 0.3) is 0 Å². The van der Waals surface area contributed by atoms with Crippen LogP contribution in [-0.4, -0.2) is 13.6 Å². The van der Waals surface area contributed by atoms with Crippen LogP contribution in [0.4, 0.5) is 4.39 Å². The topological polar surface area (TPSA) is 38.0 Å². The van der Waals surface area contributed by atoms with E-state index in [0.29, 0.717) is 16.1 Å². The Balaban J connectivity index is 2.75. The molecule has 0 saturated heterocycles. The van der Waals surface area contributed by atoms with Crippen LogP contribution in [0.25, 0.3) is 0 Å². The fourth-order valence-corrected chi connectivity index (χ4v) is 1.96. The zero-order valence-electron chi connectivity index (χ0n) is 9.69. The molecule has 0 heterocycles. The second kappa shape index (κ2) is 6.18. The Morgan fingerprint density at radius 3 is 2.81 bits per heavy atom. The van der Waals surface area contributed by atoms with E-state index in [4.69, 9.17) is 17.3 Å². The van der Waals surface area contributed by atoms with Gasteiger partial charge in [0.15, 0.2) is 0 Å². The molecule has 0 saturated carbocycles. The van der Waals surface area contributed by atoms with Crippen LogP contribution in [0.1, 0.15) is 30.0 Å². The molecule has 1 rings (SSSR count). The molecular weight excluding hydrogens is 227 g/mol. The van der Waals surface area contributed by atoms with Crippen LogP contribution < -0.4 is 11.1 Å². The third kappa shape index (κ3) is 3.44. The molecule has 0 aliphatic carbocycles. The minimum absolute atomic E-state index is 0.198. The smallest absolute Gasteiger partial charge is 0.126 e. The average molecular weight is 245 g/mol. The highest BCUT2D eigenvalue weighted by atomic mass is 35.5. The minimum atomic E-state index is -0.247. The van der Waals surface area contributed by atoms with Gasteiger partial charge in [0.2, 0.25) is 0 Å². The number of hydrogen-bond donors (Lipinski definition) is 2. The molecular formula is C12H18ClFN2. The predicted octanol–water partition coefficient (Wildman–Crippen LogP) is 2.79. The van der Waals surface area contributed by atoms with Crippen molar-refractivity contribution in [3.8, 4) is 0 Å². The summed E-state index contributed by atoms with van der Waals surface area (Å²) in [5, 5.41) is 3.60. The minimum Gasteiger partial charge on any atom is -0.324 e. The summed E-state index contributed by atoms with van der Waals surface area (Å²) >= 11 is 6.05. The molecule has 0 bridgehead atoms. The van der Waals surface area contributed by atoms with E-state index in [1.807, 2.05) is 7.05 Å². The SMILES string of the molecule is CNCCCC(N)c1cc(F)c(C)cc1Cl. The molecule has 0 spiro atoms. The van der Waals surface area contributed by atoms with Gasteiger partial charge in [0.1, 0.15) is 5.82 Å². The van der Waals surface area contributed by atoms with Gasteiger partial charge in [-0.3, -0.25) is 0 Å². The highest BCUT2D eigenvalue weighted by Crippen LogP contribution is 2.27. The molecule has 0 aliphatic rings. The van der Waals surface area contributed by atoms with Crippen molar-refractivity contribution in [2.24, 2.45) is 5.73 Å². The molecule has 2 nitrogen and oxygen atoms in total. The first-order valence-corrected chi connectivity index (χ1v) is 5.79. The van der Waals surface area contributed by atoms with E-state index < -0.39 is 0 Å². The first kappa shape index (κ1) is 13.4. The summed E-state index contributed by atoms with van der Waals surface area (Å²) in [7, 11) is 1.89. The van der Waals surface area contributed by atoms with Crippen LogP contribution in [-0.2, 0) is 0 Å². The fourth-order valence-electron chi connectivity index (χ4n) is 1.60. The summed E-state index contributed by atoms with van der Waals surface area (Å²) in [6, 6.07) is 2.88. The monoisotopic (exact) mass is 244 g/mol. The van der Waals surface area contributed by atoms with E-state index in [1.54, 1.807) is 13.0 Å². The number of halogens is 2. The first-order valence-electron chi connectivity index (χ1n) is 5.42. The zero-order valence-corrected chi connectivity index (χ0v) is 10.4. The van der Waals surface area contributed by atoms with Crippen LogP contribution in [0, 0.1) is 12.7 Å². The van der Waals surface area contributed by atoms with E-state index >= 15 is 0 Å². The van der Waals surface area contributed by atoms with Gasteiger partial charge in [-0.25, -0.2) is 4.39 Å². The van der Waals surface area contributed by atoms with Crippen molar-refractivity contribution in [1.29, 1.82) is 0 Å². The summed E-state index contributed by atoms with van der Waals surface area (Å²) in [5.74, 6) is -0.247. The van der Waals surface area contributed by atoms with Gasteiger partial charge >= 0.3 is 0 Å². The van der Waals surface area contributed by atoms with Crippen molar-refractivity contribution in [2.75, 3.05) is 13.6 Å². The lowest BCUT2D eigenvalue weighted by Crippen LogP contribution is -2.15. The number of hydrogen-bond acceptors (Lipinski definition) is 2. The van der Waals surface area contributed by atoms with Crippen molar-refractivity contribution < 1.29 is 4.39 Å². The molecule has 4 heteroatoms. The van der Waals surface area contributed by atoms with Gasteiger partial charge in [0, 0.05) is 11.1 Å².